The molecule has 8 aromatic heterocycles. The Kier molecular flexibility index (Phi) is 9.74. The molecule has 6 heteroatoms. The van der Waals surface area contributed by atoms with Crippen molar-refractivity contribution in [3.8, 4) is 45.0 Å². The minimum absolute atomic E-state index is 1.13. The molecule has 0 radical (unpaired) electrons. The van der Waals surface area contributed by atoms with Crippen molar-refractivity contribution in [1.29, 1.82) is 0 Å². The third-order valence-electron chi connectivity index (χ3n) is 21.6. The zero-order chi connectivity index (χ0) is 62.2. The molecule has 23 aromatic rings. The smallest absolute Gasteiger partial charge is 0.0634 e. The number of para-hydroxylation sites is 10. The molecule has 0 aliphatic rings. The number of fused-ring (bicyclic) bond motifs is 26. The summed E-state index contributed by atoms with van der Waals surface area (Å²) in [5.41, 5.74) is 25.8. The maximum absolute atomic E-state index is 2.60. The highest BCUT2D eigenvalue weighted by atomic mass is 15.0. The molecular formula is C90H52N6. The zero-order valence-electron chi connectivity index (χ0n) is 51.7. The molecule has 0 bridgehead atoms. The number of benzene rings is 15. The van der Waals surface area contributed by atoms with Crippen LogP contribution in [0.4, 0.5) is 0 Å². The molecular weight excluding hydrogens is 1170 g/mol. The first kappa shape index (κ1) is 50.7. The summed E-state index contributed by atoms with van der Waals surface area (Å²) in [4.78, 5) is 0. The topological polar surface area (TPSA) is 28.5 Å². The van der Waals surface area contributed by atoms with Crippen LogP contribution in [-0.2, 0) is 0 Å². The lowest BCUT2D eigenvalue weighted by Crippen LogP contribution is -2.03. The Labute approximate surface area is 547 Å². The number of nitrogens with zero attached hydrogens (tertiary/aromatic N) is 6. The summed E-state index contributed by atoms with van der Waals surface area (Å²) in [5.74, 6) is 0. The van der Waals surface area contributed by atoms with Crippen LogP contribution < -0.4 is 0 Å². The minimum Gasteiger partial charge on any atom is -0.309 e. The van der Waals surface area contributed by atoms with Crippen LogP contribution >= 0.6 is 0 Å². The van der Waals surface area contributed by atoms with E-state index in [4.69, 9.17) is 0 Å². The number of hydrogen-bond donors (Lipinski definition) is 0. The van der Waals surface area contributed by atoms with Gasteiger partial charge in [-0.25, -0.2) is 0 Å². The molecule has 0 saturated heterocycles. The second-order valence-corrected chi connectivity index (χ2v) is 26.2. The van der Waals surface area contributed by atoms with Gasteiger partial charge in [-0.3, -0.25) is 0 Å². The second-order valence-electron chi connectivity index (χ2n) is 26.2. The SMILES string of the molecule is c1cc(-n2c3ccccc3c3ccccc32)c(-c2ccc3c(c2)c2c4c5ccccc5n5c6ccc(-c7c(-n8c9ccccc9c9ccccc98)cccc7-n7c8ccccc8c8ccccc87)cc6c(c6c7ccccc7n3c62)c45)c(-n2c3ccccc3c3ccccc32)c1. The van der Waals surface area contributed by atoms with Gasteiger partial charge in [0, 0.05) is 97.3 Å². The van der Waals surface area contributed by atoms with E-state index in [1.54, 1.807) is 0 Å². The van der Waals surface area contributed by atoms with Crippen LogP contribution in [0, 0.1) is 0 Å². The third kappa shape index (κ3) is 6.31. The molecule has 0 N–H and O–H groups in total. The fraction of sp³-hybridized carbons (Fsp3) is 0. The second kappa shape index (κ2) is 18.4. The molecule has 0 atom stereocenters. The van der Waals surface area contributed by atoms with Crippen LogP contribution in [0.5, 0.6) is 0 Å². The molecule has 0 unspecified atom stereocenters. The highest BCUT2D eigenvalue weighted by Gasteiger charge is 2.31. The van der Waals surface area contributed by atoms with Gasteiger partial charge in [-0.2, -0.15) is 0 Å². The predicted molar refractivity (Wildman–Crippen MR) is 404 cm³/mol. The van der Waals surface area contributed by atoms with Crippen LogP contribution in [0.15, 0.2) is 315 Å². The van der Waals surface area contributed by atoms with E-state index >= 15 is 0 Å². The quantitative estimate of drug-likeness (QED) is 0.159. The highest BCUT2D eigenvalue weighted by Crippen LogP contribution is 2.54. The Morgan fingerprint density at radius 1 is 0.156 bits per heavy atom. The molecule has 96 heavy (non-hydrogen) atoms. The van der Waals surface area contributed by atoms with E-state index in [-0.39, 0.29) is 0 Å². The van der Waals surface area contributed by atoms with Crippen molar-refractivity contribution in [3.05, 3.63) is 315 Å². The molecule has 0 aliphatic heterocycles. The van der Waals surface area contributed by atoms with Gasteiger partial charge in [0.1, 0.15) is 0 Å². The number of rotatable bonds is 6. The van der Waals surface area contributed by atoms with Gasteiger partial charge < -0.3 is 27.1 Å². The molecule has 0 amide bonds. The maximum Gasteiger partial charge on any atom is 0.0634 e. The van der Waals surface area contributed by atoms with Crippen LogP contribution in [0.3, 0.4) is 0 Å². The molecule has 0 aliphatic carbocycles. The van der Waals surface area contributed by atoms with E-state index in [0.29, 0.717) is 0 Å². The minimum atomic E-state index is 1.13. The first-order valence-electron chi connectivity index (χ1n) is 33.3. The van der Waals surface area contributed by atoms with Gasteiger partial charge in [0.05, 0.1) is 100.0 Å². The number of hydrogen-bond acceptors (Lipinski definition) is 0. The van der Waals surface area contributed by atoms with Crippen molar-refractivity contribution >= 4 is 163 Å². The Balaban J connectivity index is 0.857. The molecule has 442 valence electrons. The third-order valence-corrected chi connectivity index (χ3v) is 21.6. The lowest BCUT2D eigenvalue weighted by molar-refractivity contribution is 1.14. The average molecular weight is 1220 g/mol. The van der Waals surface area contributed by atoms with E-state index in [2.05, 4.69) is 343 Å². The Bertz CT molecular complexity index is 6420. The molecule has 23 rings (SSSR count). The molecule has 0 saturated carbocycles. The van der Waals surface area contributed by atoms with Gasteiger partial charge in [0.15, 0.2) is 0 Å². The summed E-state index contributed by atoms with van der Waals surface area (Å²) in [6.07, 6.45) is 0. The zero-order valence-corrected chi connectivity index (χ0v) is 51.7. The van der Waals surface area contributed by atoms with Crippen molar-refractivity contribution in [2.45, 2.75) is 0 Å². The summed E-state index contributed by atoms with van der Waals surface area (Å²) in [7, 11) is 0. The fourth-order valence-corrected chi connectivity index (χ4v) is 18.0. The van der Waals surface area contributed by atoms with Gasteiger partial charge >= 0.3 is 0 Å². The summed E-state index contributed by atoms with van der Waals surface area (Å²) in [6, 6.07) is 118. The van der Waals surface area contributed by atoms with Crippen LogP contribution in [0.2, 0.25) is 0 Å². The lowest BCUT2D eigenvalue weighted by Gasteiger charge is -2.20. The Morgan fingerprint density at radius 2 is 0.365 bits per heavy atom. The Morgan fingerprint density at radius 3 is 0.625 bits per heavy atom. The van der Waals surface area contributed by atoms with E-state index in [1.807, 2.05) is 0 Å². The van der Waals surface area contributed by atoms with E-state index < -0.39 is 0 Å². The molecule has 15 aromatic carbocycles. The first-order chi connectivity index (χ1) is 47.7. The molecule has 6 nitrogen and oxygen atoms in total. The summed E-state index contributed by atoms with van der Waals surface area (Å²) < 4.78 is 15.3. The standard InChI is InChI=1S/C90H52N6/c1-11-33-67-55(23-1)56-24-2-12-34-68(56)91(67)79-43-21-44-80(92-69-35-13-3-25-57(69)58-26-4-14-36-70(58)92)83(79)53-47-49-77-65(51-53)87-85-63-31-9-20-42-76(63)96-78-50-48-54(52-66(78)88(90(85)96)86-64-32-10-19-41-75(64)95(77)89(86)87)84-81(93-71-37-15-5-27-59(71)60-28-6-16-38-72(60)93)45-22-46-82(84)94-73-39-17-7-29-61(73)62-30-8-18-40-74(62)94/h1-52H. The van der Waals surface area contributed by atoms with Gasteiger partial charge in [-0.15, -0.1) is 0 Å². The predicted octanol–water partition coefficient (Wildman–Crippen LogP) is 23.7. The van der Waals surface area contributed by atoms with Crippen LogP contribution in [-0.4, -0.2) is 27.1 Å². The van der Waals surface area contributed by atoms with Crippen LogP contribution in [0.1, 0.15) is 0 Å². The van der Waals surface area contributed by atoms with E-state index in [1.165, 1.54) is 163 Å². The van der Waals surface area contributed by atoms with Crippen LogP contribution in [0.25, 0.3) is 208 Å². The fourth-order valence-electron chi connectivity index (χ4n) is 18.0. The largest absolute Gasteiger partial charge is 0.309 e. The van der Waals surface area contributed by atoms with Gasteiger partial charge in [-0.05, 0) is 120 Å². The van der Waals surface area contributed by atoms with E-state index in [0.717, 1.165) is 45.0 Å². The summed E-state index contributed by atoms with van der Waals surface area (Å²) >= 11 is 0. The van der Waals surface area contributed by atoms with Gasteiger partial charge in [0.25, 0.3) is 0 Å². The lowest BCUT2D eigenvalue weighted by atomic mass is 9.94. The van der Waals surface area contributed by atoms with Gasteiger partial charge in [-0.1, -0.05) is 206 Å². The van der Waals surface area contributed by atoms with Gasteiger partial charge in [0.2, 0.25) is 0 Å². The molecule has 8 heterocycles. The monoisotopic (exact) mass is 1220 g/mol. The van der Waals surface area contributed by atoms with Crippen molar-refractivity contribution in [3.63, 3.8) is 0 Å². The van der Waals surface area contributed by atoms with E-state index in [9.17, 15) is 0 Å². The van der Waals surface area contributed by atoms with Crippen molar-refractivity contribution in [1.82, 2.24) is 27.1 Å². The summed E-state index contributed by atoms with van der Waals surface area (Å²) in [5, 5.41) is 19.9. The molecule has 0 spiro atoms. The Hall–Kier alpha value is -12.9. The maximum atomic E-state index is 2.60. The van der Waals surface area contributed by atoms with Crippen molar-refractivity contribution in [2.75, 3.05) is 0 Å². The first-order valence-corrected chi connectivity index (χ1v) is 33.3. The summed E-state index contributed by atoms with van der Waals surface area (Å²) in [6.45, 7) is 0. The number of aromatic nitrogens is 6. The average Bonchev–Trinajstić information content (AvgIpc) is 1.49. The highest BCUT2D eigenvalue weighted by molar-refractivity contribution is 6.45. The normalized spacial score (nSPS) is 12.6. The van der Waals surface area contributed by atoms with Crippen molar-refractivity contribution in [2.24, 2.45) is 0 Å². The molecule has 0 fully saturated rings. The van der Waals surface area contributed by atoms with Crippen molar-refractivity contribution < 1.29 is 0 Å².